The molecule has 0 spiro atoms. The summed E-state index contributed by atoms with van der Waals surface area (Å²) in [5.74, 6) is 0.645. The Labute approximate surface area is 98.4 Å². The van der Waals surface area contributed by atoms with Gasteiger partial charge in [-0.2, -0.15) is 0 Å². The molecule has 0 aliphatic heterocycles. The first-order chi connectivity index (χ1) is 8.17. The van der Waals surface area contributed by atoms with Crippen LogP contribution in [0.25, 0.3) is 11.3 Å². The molecule has 0 aliphatic rings. The Morgan fingerprint density at radius 2 is 1.94 bits per heavy atom. The summed E-state index contributed by atoms with van der Waals surface area (Å²) >= 11 is 0. The lowest BCUT2D eigenvalue weighted by atomic mass is 10.0. The third-order valence-electron chi connectivity index (χ3n) is 2.70. The van der Waals surface area contributed by atoms with Gasteiger partial charge in [-0.25, -0.2) is 4.63 Å². The van der Waals surface area contributed by atoms with Gasteiger partial charge >= 0.3 is 0 Å². The molecule has 5 heteroatoms. The van der Waals surface area contributed by atoms with E-state index in [4.69, 9.17) is 4.74 Å². The van der Waals surface area contributed by atoms with E-state index in [9.17, 15) is 4.79 Å². The first-order valence-corrected chi connectivity index (χ1v) is 5.10. The van der Waals surface area contributed by atoms with E-state index in [0.717, 1.165) is 11.1 Å². The fourth-order valence-electron chi connectivity index (χ4n) is 1.60. The van der Waals surface area contributed by atoms with E-state index in [0.29, 0.717) is 23.3 Å². The molecule has 2 aromatic rings. The number of hydrogen-bond acceptors (Lipinski definition) is 5. The van der Waals surface area contributed by atoms with Gasteiger partial charge in [0.2, 0.25) is 0 Å². The smallest absolute Gasteiger partial charge is 0.175 e. The Morgan fingerprint density at radius 3 is 2.59 bits per heavy atom. The summed E-state index contributed by atoms with van der Waals surface area (Å²) in [5, 5.41) is 7.27. The van der Waals surface area contributed by atoms with Gasteiger partial charge in [0.1, 0.15) is 11.4 Å². The van der Waals surface area contributed by atoms with Gasteiger partial charge in [-0.3, -0.25) is 4.79 Å². The van der Waals surface area contributed by atoms with Crippen LogP contribution in [0.3, 0.4) is 0 Å². The van der Waals surface area contributed by atoms with E-state index >= 15 is 0 Å². The number of carbonyl (C=O) groups is 1. The number of methoxy groups -OCH3 is 1. The zero-order valence-corrected chi connectivity index (χ0v) is 9.85. The molecule has 0 fully saturated rings. The van der Waals surface area contributed by atoms with Crippen molar-refractivity contribution in [2.75, 3.05) is 7.11 Å². The zero-order valence-electron chi connectivity index (χ0n) is 9.85. The molecule has 1 aromatic carbocycles. The second-order valence-electron chi connectivity index (χ2n) is 3.75. The van der Waals surface area contributed by atoms with Gasteiger partial charge in [-0.05, 0) is 47.4 Å². The van der Waals surface area contributed by atoms with Gasteiger partial charge in [-0.1, -0.05) is 0 Å². The summed E-state index contributed by atoms with van der Waals surface area (Å²) in [6.45, 7) is 3.97. The van der Waals surface area contributed by atoms with Crippen LogP contribution in [0, 0.1) is 13.8 Å². The van der Waals surface area contributed by atoms with Crippen molar-refractivity contribution in [1.29, 1.82) is 0 Å². The molecule has 1 heterocycles. The van der Waals surface area contributed by atoms with Gasteiger partial charge < -0.3 is 4.74 Å². The lowest BCUT2D eigenvalue weighted by Crippen LogP contribution is -1.94. The van der Waals surface area contributed by atoms with Crippen LogP contribution in [0.5, 0.6) is 5.75 Å². The van der Waals surface area contributed by atoms with Gasteiger partial charge in [-0.15, -0.1) is 0 Å². The van der Waals surface area contributed by atoms with Crippen molar-refractivity contribution in [1.82, 2.24) is 10.3 Å². The highest BCUT2D eigenvalue weighted by Gasteiger charge is 2.16. The molecule has 0 amide bonds. The van der Waals surface area contributed by atoms with Crippen LogP contribution in [0.1, 0.15) is 21.6 Å². The van der Waals surface area contributed by atoms with Crippen molar-refractivity contribution in [2.24, 2.45) is 0 Å². The van der Waals surface area contributed by atoms with Crippen LogP contribution >= 0.6 is 0 Å². The minimum atomic E-state index is 0.173. The quantitative estimate of drug-likeness (QED) is 0.759. The first-order valence-electron chi connectivity index (χ1n) is 5.10. The van der Waals surface area contributed by atoms with Crippen LogP contribution in [0.4, 0.5) is 0 Å². The maximum atomic E-state index is 10.8. The van der Waals surface area contributed by atoms with Gasteiger partial charge in [0.15, 0.2) is 12.0 Å². The summed E-state index contributed by atoms with van der Waals surface area (Å²) in [6.07, 6.45) is 0.612. The number of carbonyl (C=O) groups excluding carboxylic acids is 1. The molecule has 0 atom stereocenters. The van der Waals surface area contributed by atoms with E-state index in [1.165, 1.54) is 0 Å². The Balaban J connectivity index is 2.66. The second kappa shape index (κ2) is 4.37. The van der Waals surface area contributed by atoms with Crippen LogP contribution in [-0.2, 0) is 0 Å². The number of ether oxygens (including phenoxy) is 1. The Hall–Kier alpha value is -2.17. The summed E-state index contributed by atoms with van der Waals surface area (Å²) < 4.78 is 9.85. The van der Waals surface area contributed by atoms with E-state index in [-0.39, 0.29) is 5.69 Å². The lowest BCUT2D eigenvalue weighted by molar-refractivity contribution is 0.111. The SMILES string of the molecule is COc1cc(C)c(C)cc1-c1nonc1C=O. The number of aldehydes is 1. The Kier molecular flexibility index (Phi) is 2.91. The molecular weight excluding hydrogens is 220 g/mol. The predicted molar refractivity (Wildman–Crippen MR) is 61.1 cm³/mol. The highest BCUT2D eigenvalue weighted by Crippen LogP contribution is 2.32. The van der Waals surface area contributed by atoms with Crippen molar-refractivity contribution >= 4 is 6.29 Å². The average Bonchev–Trinajstić information content (AvgIpc) is 2.80. The third-order valence-corrected chi connectivity index (χ3v) is 2.70. The zero-order chi connectivity index (χ0) is 12.4. The highest BCUT2D eigenvalue weighted by molar-refractivity contribution is 5.85. The number of benzene rings is 1. The number of aryl methyl sites for hydroxylation is 2. The number of aromatic nitrogens is 2. The van der Waals surface area contributed by atoms with Gasteiger partial charge in [0.05, 0.1) is 7.11 Å². The second-order valence-corrected chi connectivity index (χ2v) is 3.75. The van der Waals surface area contributed by atoms with Gasteiger partial charge in [0, 0.05) is 5.56 Å². The van der Waals surface area contributed by atoms with Gasteiger partial charge in [0.25, 0.3) is 0 Å². The molecule has 0 aliphatic carbocycles. The van der Waals surface area contributed by atoms with Crippen LogP contribution in [0.15, 0.2) is 16.8 Å². The molecular formula is C12H12N2O3. The molecule has 0 saturated heterocycles. The lowest BCUT2D eigenvalue weighted by Gasteiger charge is -2.09. The monoisotopic (exact) mass is 232 g/mol. The Bertz CT molecular complexity index is 561. The van der Waals surface area contributed by atoms with Crippen molar-refractivity contribution in [3.05, 3.63) is 29.0 Å². The minimum absolute atomic E-state index is 0.173. The fourth-order valence-corrected chi connectivity index (χ4v) is 1.60. The average molecular weight is 232 g/mol. The van der Waals surface area contributed by atoms with Crippen molar-refractivity contribution < 1.29 is 14.2 Å². The molecule has 0 N–H and O–H groups in total. The van der Waals surface area contributed by atoms with Crippen molar-refractivity contribution in [2.45, 2.75) is 13.8 Å². The van der Waals surface area contributed by atoms with Crippen LogP contribution in [0.2, 0.25) is 0 Å². The maximum Gasteiger partial charge on any atom is 0.175 e. The Morgan fingerprint density at radius 1 is 1.24 bits per heavy atom. The van der Waals surface area contributed by atoms with E-state index in [2.05, 4.69) is 14.9 Å². The highest BCUT2D eigenvalue weighted by atomic mass is 16.6. The normalized spacial score (nSPS) is 10.3. The molecule has 1 aromatic heterocycles. The van der Waals surface area contributed by atoms with Crippen molar-refractivity contribution in [3.8, 4) is 17.0 Å². The van der Waals surface area contributed by atoms with E-state index in [1.54, 1.807) is 7.11 Å². The molecule has 0 bridgehead atoms. The van der Waals surface area contributed by atoms with Crippen LogP contribution < -0.4 is 4.74 Å². The standard InChI is InChI=1S/C12H12N2O3/c1-7-4-9(11(16-3)5-8(7)2)12-10(6-15)13-17-14-12/h4-6H,1-3H3. The third kappa shape index (κ3) is 1.91. The fraction of sp³-hybridized carbons (Fsp3) is 0.250. The largest absolute Gasteiger partial charge is 0.496 e. The van der Waals surface area contributed by atoms with Crippen LogP contribution in [-0.4, -0.2) is 23.7 Å². The van der Waals surface area contributed by atoms with E-state index in [1.807, 2.05) is 26.0 Å². The molecule has 0 unspecified atom stereocenters. The first kappa shape index (κ1) is 11.3. The number of nitrogens with zero attached hydrogens (tertiary/aromatic N) is 2. The summed E-state index contributed by atoms with van der Waals surface area (Å²) in [4.78, 5) is 10.8. The maximum absolute atomic E-state index is 10.8. The number of rotatable bonds is 3. The predicted octanol–water partition coefficient (Wildman–Crippen LogP) is 2.17. The molecule has 88 valence electrons. The van der Waals surface area contributed by atoms with Crippen molar-refractivity contribution in [3.63, 3.8) is 0 Å². The molecule has 2 rings (SSSR count). The molecule has 17 heavy (non-hydrogen) atoms. The summed E-state index contributed by atoms with van der Waals surface area (Å²) in [6, 6.07) is 3.80. The summed E-state index contributed by atoms with van der Waals surface area (Å²) in [5.41, 5.74) is 3.47. The number of hydrogen-bond donors (Lipinski definition) is 0. The molecule has 0 radical (unpaired) electrons. The molecule has 0 saturated carbocycles. The topological polar surface area (TPSA) is 65.2 Å². The van der Waals surface area contributed by atoms with E-state index < -0.39 is 0 Å². The molecule has 5 nitrogen and oxygen atoms in total. The summed E-state index contributed by atoms with van der Waals surface area (Å²) in [7, 11) is 1.57. The minimum Gasteiger partial charge on any atom is -0.496 e.